The maximum absolute atomic E-state index is 12.4. The van der Waals surface area contributed by atoms with Crippen molar-refractivity contribution in [3.63, 3.8) is 0 Å². The van der Waals surface area contributed by atoms with Gasteiger partial charge in [-0.3, -0.25) is 4.79 Å². The summed E-state index contributed by atoms with van der Waals surface area (Å²) >= 11 is 0. The van der Waals surface area contributed by atoms with Gasteiger partial charge in [0.05, 0.1) is 25.8 Å². The van der Waals surface area contributed by atoms with Crippen molar-refractivity contribution in [2.75, 3.05) is 25.1 Å². The Morgan fingerprint density at radius 3 is 2.26 bits per heavy atom. The van der Waals surface area contributed by atoms with Crippen LogP contribution in [0, 0.1) is 13.8 Å². The second kappa shape index (κ2) is 9.86. The molecule has 27 heavy (non-hydrogen) atoms. The second-order valence-corrected chi connectivity index (χ2v) is 6.48. The van der Waals surface area contributed by atoms with E-state index in [-0.39, 0.29) is 18.5 Å². The molecule has 0 radical (unpaired) electrons. The van der Waals surface area contributed by atoms with Crippen molar-refractivity contribution in [1.82, 2.24) is 5.32 Å². The molecule has 1 amide bonds. The fourth-order valence-corrected chi connectivity index (χ4v) is 2.97. The van der Waals surface area contributed by atoms with E-state index in [9.17, 15) is 4.79 Å². The average molecular weight is 370 g/mol. The molecule has 0 aromatic heterocycles. The molecule has 0 spiro atoms. The van der Waals surface area contributed by atoms with Gasteiger partial charge >= 0.3 is 0 Å². The van der Waals surface area contributed by atoms with Gasteiger partial charge in [0.2, 0.25) is 5.91 Å². The standard InChI is InChI=1S/C22H30N2O3/c1-6-26-19-12-11-18(13-20(19)27-7-2)17(5)24-21(25)14-23-22-15(3)9-8-10-16(22)4/h8-13,17,23H,6-7,14H2,1-5H3,(H,24,25). The summed E-state index contributed by atoms with van der Waals surface area (Å²) in [5.41, 5.74) is 4.25. The van der Waals surface area contributed by atoms with Crippen LogP contribution in [0.1, 0.15) is 43.5 Å². The van der Waals surface area contributed by atoms with Crippen LogP contribution in [0.25, 0.3) is 0 Å². The molecule has 0 bridgehead atoms. The van der Waals surface area contributed by atoms with Gasteiger partial charge in [-0.1, -0.05) is 24.3 Å². The van der Waals surface area contributed by atoms with E-state index in [4.69, 9.17) is 9.47 Å². The first-order valence-corrected chi connectivity index (χ1v) is 9.45. The lowest BCUT2D eigenvalue weighted by atomic mass is 10.1. The van der Waals surface area contributed by atoms with Crippen molar-refractivity contribution in [3.8, 4) is 11.5 Å². The zero-order chi connectivity index (χ0) is 19.8. The molecule has 0 saturated heterocycles. The number of amides is 1. The molecule has 2 N–H and O–H groups in total. The van der Waals surface area contributed by atoms with E-state index < -0.39 is 0 Å². The van der Waals surface area contributed by atoms with Gasteiger partial charge in [-0.25, -0.2) is 0 Å². The molecular formula is C22H30N2O3. The van der Waals surface area contributed by atoms with Crippen molar-refractivity contribution in [2.24, 2.45) is 0 Å². The van der Waals surface area contributed by atoms with Crippen LogP contribution in [0.2, 0.25) is 0 Å². The largest absolute Gasteiger partial charge is 0.490 e. The first kappa shape index (κ1) is 20.6. The summed E-state index contributed by atoms with van der Waals surface area (Å²) < 4.78 is 11.3. The first-order valence-electron chi connectivity index (χ1n) is 9.45. The Bertz CT molecular complexity index is 754. The summed E-state index contributed by atoms with van der Waals surface area (Å²) in [4.78, 5) is 12.4. The van der Waals surface area contributed by atoms with Gasteiger partial charge in [-0.15, -0.1) is 0 Å². The highest BCUT2D eigenvalue weighted by molar-refractivity contribution is 5.81. The number of para-hydroxylation sites is 1. The van der Waals surface area contributed by atoms with Gasteiger partial charge in [0, 0.05) is 5.69 Å². The molecule has 2 aromatic carbocycles. The van der Waals surface area contributed by atoms with Gasteiger partial charge in [0.1, 0.15) is 0 Å². The molecule has 0 fully saturated rings. The number of benzene rings is 2. The SMILES string of the molecule is CCOc1ccc(C(C)NC(=O)CNc2c(C)cccc2C)cc1OCC. The monoisotopic (exact) mass is 370 g/mol. The van der Waals surface area contributed by atoms with Crippen LogP contribution in [-0.2, 0) is 4.79 Å². The Labute approximate surface area is 162 Å². The number of hydrogen-bond donors (Lipinski definition) is 2. The number of carbonyl (C=O) groups excluding carboxylic acids is 1. The zero-order valence-corrected chi connectivity index (χ0v) is 16.9. The van der Waals surface area contributed by atoms with E-state index in [0.717, 1.165) is 28.1 Å². The van der Waals surface area contributed by atoms with Gasteiger partial charge in [-0.2, -0.15) is 0 Å². The lowest BCUT2D eigenvalue weighted by molar-refractivity contribution is -0.120. The van der Waals surface area contributed by atoms with Crippen LogP contribution >= 0.6 is 0 Å². The number of nitrogens with one attached hydrogen (secondary N) is 2. The molecule has 1 unspecified atom stereocenters. The molecule has 0 heterocycles. The predicted molar refractivity (Wildman–Crippen MR) is 110 cm³/mol. The van der Waals surface area contributed by atoms with Crippen LogP contribution in [0.5, 0.6) is 11.5 Å². The van der Waals surface area contributed by atoms with E-state index in [1.54, 1.807) is 0 Å². The van der Waals surface area contributed by atoms with Crippen molar-refractivity contribution in [1.29, 1.82) is 0 Å². The highest BCUT2D eigenvalue weighted by atomic mass is 16.5. The number of ether oxygens (including phenoxy) is 2. The Morgan fingerprint density at radius 2 is 1.63 bits per heavy atom. The van der Waals surface area contributed by atoms with Gasteiger partial charge in [0.25, 0.3) is 0 Å². The zero-order valence-electron chi connectivity index (χ0n) is 16.9. The van der Waals surface area contributed by atoms with Gasteiger partial charge < -0.3 is 20.1 Å². The van der Waals surface area contributed by atoms with E-state index >= 15 is 0 Å². The Balaban J connectivity index is 2.00. The lowest BCUT2D eigenvalue weighted by Gasteiger charge is -2.18. The molecule has 0 aliphatic heterocycles. The molecule has 2 aromatic rings. The van der Waals surface area contributed by atoms with Gasteiger partial charge in [-0.05, 0) is 63.4 Å². The molecule has 146 valence electrons. The van der Waals surface area contributed by atoms with E-state index in [1.165, 1.54) is 0 Å². The number of rotatable bonds is 9. The normalized spacial score (nSPS) is 11.6. The first-order chi connectivity index (χ1) is 13.0. The maximum atomic E-state index is 12.4. The second-order valence-electron chi connectivity index (χ2n) is 6.48. The summed E-state index contributed by atoms with van der Waals surface area (Å²) in [6, 6.07) is 11.7. The fourth-order valence-electron chi connectivity index (χ4n) is 2.97. The van der Waals surface area contributed by atoms with Crippen LogP contribution in [0.15, 0.2) is 36.4 Å². The van der Waals surface area contributed by atoms with Crippen LogP contribution < -0.4 is 20.1 Å². The third-order valence-corrected chi connectivity index (χ3v) is 4.35. The Kier molecular flexibility index (Phi) is 7.53. The topological polar surface area (TPSA) is 59.6 Å². The fraction of sp³-hybridized carbons (Fsp3) is 0.409. The quantitative estimate of drug-likeness (QED) is 0.687. The molecule has 0 aliphatic rings. The maximum Gasteiger partial charge on any atom is 0.239 e. The van der Waals surface area contributed by atoms with Crippen molar-refractivity contribution in [3.05, 3.63) is 53.1 Å². The Morgan fingerprint density at radius 1 is 1.00 bits per heavy atom. The summed E-state index contributed by atoms with van der Waals surface area (Å²) in [5, 5.41) is 6.27. The van der Waals surface area contributed by atoms with E-state index in [1.807, 2.05) is 71.0 Å². The van der Waals surface area contributed by atoms with Crippen LogP contribution in [0.4, 0.5) is 5.69 Å². The predicted octanol–water partition coefficient (Wildman–Crippen LogP) is 4.39. The number of anilines is 1. The Hall–Kier alpha value is -2.69. The molecule has 1 atom stereocenters. The summed E-state index contributed by atoms with van der Waals surface area (Å²) in [7, 11) is 0. The van der Waals surface area contributed by atoms with E-state index in [0.29, 0.717) is 19.0 Å². The molecule has 0 saturated carbocycles. The van der Waals surface area contributed by atoms with Crippen molar-refractivity contribution < 1.29 is 14.3 Å². The molecular weight excluding hydrogens is 340 g/mol. The molecule has 5 nitrogen and oxygen atoms in total. The average Bonchev–Trinajstić information content (AvgIpc) is 2.63. The van der Waals surface area contributed by atoms with Gasteiger partial charge in [0.15, 0.2) is 11.5 Å². The molecule has 5 heteroatoms. The minimum absolute atomic E-state index is 0.0583. The summed E-state index contributed by atoms with van der Waals surface area (Å²) in [6.45, 7) is 11.3. The third kappa shape index (κ3) is 5.64. The highest BCUT2D eigenvalue weighted by Crippen LogP contribution is 2.30. The number of carbonyl (C=O) groups is 1. The highest BCUT2D eigenvalue weighted by Gasteiger charge is 2.14. The minimum atomic E-state index is -0.132. The lowest BCUT2D eigenvalue weighted by Crippen LogP contribution is -2.32. The summed E-state index contributed by atoms with van der Waals surface area (Å²) in [6.07, 6.45) is 0. The van der Waals surface area contributed by atoms with E-state index in [2.05, 4.69) is 10.6 Å². The van der Waals surface area contributed by atoms with Crippen molar-refractivity contribution >= 4 is 11.6 Å². The molecule has 0 aliphatic carbocycles. The van der Waals surface area contributed by atoms with Crippen LogP contribution in [0.3, 0.4) is 0 Å². The molecule has 2 rings (SSSR count). The minimum Gasteiger partial charge on any atom is -0.490 e. The number of aryl methyl sites for hydroxylation is 2. The smallest absolute Gasteiger partial charge is 0.239 e. The van der Waals surface area contributed by atoms with Crippen LogP contribution in [-0.4, -0.2) is 25.7 Å². The third-order valence-electron chi connectivity index (χ3n) is 4.35. The van der Waals surface area contributed by atoms with Crippen molar-refractivity contribution in [2.45, 2.75) is 40.7 Å². The number of hydrogen-bond acceptors (Lipinski definition) is 4. The summed E-state index contributed by atoms with van der Waals surface area (Å²) in [5.74, 6) is 1.36.